The van der Waals surface area contributed by atoms with Gasteiger partial charge in [-0.2, -0.15) is 5.10 Å². The molecule has 1 aromatic heterocycles. The van der Waals surface area contributed by atoms with Crippen LogP contribution in [-0.2, 0) is 0 Å². The van der Waals surface area contributed by atoms with Crippen LogP contribution in [0.5, 0.6) is 0 Å². The van der Waals surface area contributed by atoms with Crippen LogP contribution in [0.25, 0.3) is 0 Å². The van der Waals surface area contributed by atoms with Crippen LogP contribution in [0, 0.1) is 0 Å². The molecule has 0 radical (unpaired) electrons. The van der Waals surface area contributed by atoms with Crippen molar-refractivity contribution < 1.29 is 0 Å². The summed E-state index contributed by atoms with van der Waals surface area (Å²) in [5.74, 6) is 0. The molecule has 0 amide bonds. The lowest BCUT2D eigenvalue weighted by atomic mass is 10.1. The first-order valence-electron chi connectivity index (χ1n) is 4.63. The zero-order valence-electron chi connectivity index (χ0n) is 8.34. The Morgan fingerprint density at radius 2 is 2.07 bits per heavy atom. The number of aromatic amines is 1. The Morgan fingerprint density at radius 3 is 2.67 bits per heavy atom. The highest BCUT2D eigenvalue weighted by atomic mass is 32.2. The zero-order valence-corrected chi connectivity index (χ0v) is 9.16. The molecule has 0 spiro atoms. The Labute approximate surface area is 92.3 Å². The van der Waals surface area contributed by atoms with Gasteiger partial charge in [0.2, 0.25) is 0 Å². The van der Waals surface area contributed by atoms with E-state index >= 15 is 0 Å². The summed E-state index contributed by atoms with van der Waals surface area (Å²) in [6, 6.07) is 7.88. The van der Waals surface area contributed by atoms with Crippen LogP contribution in [0.1, 0.15) is 17.7 Å². The maximum absolute atomic E-state index is 5.63. The minimum Gasteiger partial charge on any atom is -0.399 e. The first-order valence-corrected chi connectivity index (χ1v) is 5.51. The topological polar surface area (TPSA) is 67.6 Å². The van der Waals surface area contributed by atoms with Crippen molar-refractivity contribution in [3.63, 3.8) is 0 Å². The van der Waals surface area contributed by atoms with Crippen LogP contribution in [0.2, 0.25) is 0 Å². The third-order valence-electron chi connectivity index (χ3n) is 2.09. The summed E-state index contributed by atoms with van der Waals surface area (Å²) in [7, 11) is 0. The molecule has 78 valence electrons. The third-order valence-corrected chi connectivity index (χ3v) is 3.13. The number of nitrogens with one attached hydrogen (secondary N) is 1. The Hall–Kier alpha value is -1.49. The van der Waals surface area contributed by atoms with E-state index in [0.717, 1.165) is 10.8 Å². The summed E-state index contributed by atoms with van der Waals surface area (Å²) in [4.78, 5) is 4.07. The van der Waals surface area contributed by atoms with E-state index in [0.29, 0.717) is 5.25 Å². The fraction of sp³-hybridized carbons (Fsp3) is 0.200. The van der Waals surface area contributed by atoms with E-state index < -0.39 is 0 Å². The predicted octanol–water partition coefficient (Wildman–Crippen LogP) is 2.24. The summed E-state index contributed by atoms with van der Waals surface area (Å²) in [6.07, 6.45) is 1.51. The molecule has 1 atom stereocenters. The van der Waals surface area contributed by atoms with E-state index in [2.05, 4.69) is 22.1 Å². The van der Waals surface area contributed by atoms with Crippen molar-refractivity contribution in [3.8, 4) is 0 Å². The van der Waals surface area contributed by atoms with Gasteiger partial charge in [0, 0.05) is 10.9 Å². The molecule has 0 aliphatic rings. The van der Waals surface area contributed by atoms with Gasteiger partial charge in [0.05, 0.1) is 0 Å². The van der Waals surface area contributed by atoms with Gasteiger partial charge in [0.25, 0.3) is 0 Å². The van der Waals surface area contributed by atoms with E-state index in [1.165, 1.54) is 11.9 Å². The maximum Gasteiger partial charge on any atom is 0.183 e. The molecule has 1 aromatic carbocycles. The lowest BCUT2D eigenvalue weighted by molar-refractivity contribution is 0.960. The number of nitrogen functional groups attached to an aromatic ring is 1. The summed E-state index contributed by atoms with van der Waals surface area (Å²) in [6.45, 7) is 2.12. The number of anilines is 1. The highest BCUT2D eigenvalue weighted by Crippen LogP contribution is 2.32. The second kappa shape index (κ2) is 4.35. The van der Waals surface area contributed by atoms with Gasteiger partial charge in [-0.15, -0.1) is 0 Å². The quantitative estimate of drug-likeness (QED) is 0.615. The fourth-order valence-corrected chi connectivity index (χ4v) is 2.10. The molecular formula is C10H12N4S. The van der Waals surface area contributed by atoms with E-state index in [1.807, 2.05) is 24.3 Å². The van der Waals surface area contributed by atoms with Crippen LogP contribution in [0.15, 0.2) is 35.7 Å². The van der Waals surface area contributed by atoms with Gasteiger partial charge in [-0.1, -0.05) is 23.9 Å². The molecular weight excluding hydrogens is 208 g/mol. The summed E-state index contributed by atoms with van der Waals surface area (Å²) >= 11 is 1.64. The second-order valence-electron chi connectivity index (χ2n) is 3.22. The largest absolute Gasteiger partial charge is 0.399 e. The minimum absolute atomic E-state index is 0.332. The van der Waals surface area contributed by atoms with Crippen molar-refractivity contribution in [2.45, 2.75) is 17.3 Å². The van der Waals surface area contributed by atoms with Gasteiger partial charge in [0.1, 0.15) is 6.33 Å². The number of aromatic nitrogens is 3. The fourth-order valence-electron chi connectivity index (χ4n) is 1.25. The molecule has 3 N–H and O–H groups in total. The molecule has 0 saturated carbocycles. The standard InChI is InChI=1S/C10H12N4S/c1-7(15-10-12-6-13-14-10)8-2-4-9(11)5-3-8/h2-7H,11H2,1H3,(H,12,13,14). The van der Waals surface area contributed by atoms with Gasteiger partial charge >= 0.3 is 0 Å². The van der Waals surface area contributed by atoms with E-state index in [1.54, 1.807) is 11.8 Å². The molecule has 1 heterocycles. The van der Waals surface area contributed by atoms with Crippen LogP contribution in [0.4, 0.5) is 5.69 Å². The van der Waals surface area contributed by atoms with Gasteiger partial charge in [0.15, 0.2) is 5.16 Å². The minimum atomic E-state index is 0.332. The Bertz CT molecular complexity index is 409. The molecule has 2 aromatic rings. The van der Waals surface area contributed by atoms with Crippen molar-refractivity contribution in [1.82, 2.24) is 15.2 Å². The van der Waals surface area contributed by atoms with Crippen molar-refractivity contribution in [3.05, 3.63) is 36.2 Å². The van der Waals surface area contributed by atoms with Gasteiger partial charge in [-0.25, -0.2) is 4.98 Å². The number of hydrogen-bond acceptors (Lipinski definition) is 4. The van der Waals surface area contributed by atoms with E-state index in [-0.39, 0.29) is 0 Å². The highest BCUT2D eigenvalue weighted by molar-refractivity contribution is 7.99. The van der Waals surface area contributed by atoms with Gasteiger partial charge in [-0.05, 0) is 24.6 Å². The molecule has 15 heavy (non-hydrogen) atoms. The summed E-state index contributed by atoms with van der Waals surface area (Å²) in [5.41, 5.74) is 7.64. The Kier molecular flexibility index (Phi) is 2.91. The van der Waals surface area contributed by atoms with Crippen molar-refractivity contribution in [2.24, 2.45) is 0 Å². The smallest absolute Gasteiger partial charge is 0.183 e. The molecule has 0 aliphatic carbocycles. The molecule has 0 bridgehead atoms. The number of hydrogen-bond donors (Lipinski definition) is 2. The van der Waals surface area contributed by atoms with Crippen LogP contribution in [-0.4, -0.2) is 15.2 Å². The number of nitrogens with two attached hydrogens (primary N) is 1. The van der Waals surface area contributed by atoms with Crippen LogP contribution >= 0.6 is 11.8 Å². The average molecular weight is 220 g/mol. The number of rotatable bonds is 3. The lowest BCUT2D eigenvalue weighted by Gasteiger charge is -2.09. The molecule has 0 aliphatic heterocycles. The van der Waals surface area contributed by atoms with Crippen molar-refractivity contribution >= 4 is 17.4 Å². The SMILES string of the molecule is CC(Sc1ncn[nH]1)c1ccc(N)cc1. The molecule has 0 fully saturated rings. The maximum atomic E-state index is 5.63. The zero-order chi connectivity index (χ0) is 10.7. The van der Waals surface area contributed by atoms with Crippen molar-refractivity contribution in [2.75, 3.05) is 5.73 Å². The summed E-state index contributed by atoms with van der Waals surface area (Å²) < 4.78 is 0. The third kappa shape index (κ3) is 2.50. The number of nitrogens with zero attached hydrogens (tertiary/aromatic N) is 2. The van der Waals surface area contributed by atoms with Crippen LogP contribution in [0.3, 0.4) is 0 Å². The number of thioether (sulfide) groups is 1. The van der Waals surface area contributed by atoms with Crippen molar-refractivity contribution in [1.29, 1.82) is 0 Å². The normalized spacial score (nSPS) is 12.6. The number of benzene rings is 1. The lowest BCUT2D eigenvalue weighted by Crippen LogP contribution is -1.91. The van der Waals surface area contributed by atoms with Gasteiger partial charge < -0.3 is 5.73 Å². The highest BCUT2D eigenvalue weighted by Gasteiger charge is 2.08. The monoisotopic (exact) mass is 220 g/mol. The first kappa shape index (κ1) is 10.0. The average Bonchev–Trinajstić information content (AvgIpc) is 2.71. The van der Waals surface area contributed by atoms with E-state index in [9.17, 15) is 0 Å². The molecule has 4 nitrogen and oxygen atoms in total. The summed E-state index contributed by atoms with van der Waals surface area (Å²) in [5, 5.41) is 7.80. The van der Waals surface area contributed by atoms with Crippen LogP contribution < -0.4 is 5.73 Å². The Morgan fingerprint density at radius 1 is 1.33 bits per heavy atom. The van der Waals surface area contributed by atoms with Gasteiger partial charge in [-0.3, -0.25) is 5.10 Å². The molecule has 0 saturated heterocycles. The predicted molar refractivity (Wildman–Crippen MR) is 61.5 cm³/mol. The first-order chi connectivity index (χ1) is 7.25. The molecule has 2 rings (SSSR count). The van der Waals surface area contributed by atoms with E-state index in [4.69, 9.17) is 5.73 Å². The second-order valence-corrected chi connectivity index (χ2v) is 4.55. The molecule has 1 unspecified atom stereocenters. The molecule has 5 heteroatoms. The number of H-pyrrole nitrogens is 1. The Balaban J connectivity index is 2.08.